The Hall–Kier alpha value is -1.85. The molecule has 0 fully saturated rings. The maximum atomic E-state index is 11.6. The molecule has 1 aromatic heterocycles. The number of oxazole rings is 1. The minimum atomic E-state index is -0.567. The topological polar surface area (TPSA) is 78.6 Å². The summed E-state index contributed by atoms with van der Waals surface area (Å²) in [6.45, 7) is 2.61. The molecule has 0 atom stereocenters. The first-order valence-corrected chi connectivity index (χ1v) is 7.35. The molecule has 0 aliphatic carbocycles. The van der Waals surface area contributed by atoms with Gasteiger partial charge in [0.05, 0.1) is 20.1 Å². The van der Waals surface area contributed by atoms with Gasteiger partial charge in [0, 0.05) is 6.42 Å². The molecular formula is C15H23NO5. The van der Waals surface area contributed by atoms with Gasteiger partial charge in [0.1, 0.15) is 5.76 Å². The zero-order valence-electron chi connectivity index (χ0n) is 12.7. The highest BCUT2D eigenvalue weighted by atomic mass is 16.5. The monoisotopic (exact) mass is 297 g/mol. The molecule has 6 heteroatoms. The third-order valence-corrected chi connectivity index (χ3v) is 3.09. The molecule has 0 saturated carbocycles. The number of ether oxygens (including phenoxy) is 2. The van der Waals surface area contributed by atoms with Crippen LogP contribution >= 0.6 is 0 Å². The molecule has 1 aromatic rings. The van der Waals surface area contributed by atoms with Crippen molar-refractivity contribution >= 4 is 11.9 Å². The Kier molecular flexibility index (Phi) is 8.16. The van der Waals surface area contributed by atoms with E-state index in [1.807, 2.05) is 0 Å². The SMILES string of the molecule is CCCCCCCOC(=O)CCc1ocnc1C(=O)OC. The summed E-state index contributed by atoms with van der Waals surface area (Å²) in [4.78, 5) is 26.7. The van der Waals surface area contributed by atoms with Crippen LogP contribution in [0, 0.1) is 0 Å². The van der Waals surface area contributed by atoms with Gasteiger partial charge in [-0.2, -0.15) is 0 Å². The van der Waals surface area contributed by atoms with Crippen molar-refractivity contribution < 1.29 is 23.5 Å². The van der Waals surface area contributed by atoms with Crippen LogP contribution in [0.25, 0.3) is 0 Å². The van der Waals surface area contributed by atoms with E-state index >= 15 is 0 Å². The zero-order valence-corrected chi connectivity index (χ0v) is 12.7. The lowest BCUT2D eigenvalue weighted by Crippen LogP contribution is -2.09. The Morgan fingerprint density at radius 2 is 2.00 bits per heavy atom. The van der Waals surface area contributed by atoms with Crippen molar-refractivity contribution in [1.29, 1.82) is 0 Å². The maximum absolute atomic E-state index is 11.6. The Morgan fingerprint density at radius 1 is 1.24 bits per heavy atom. The van der Waals surface area contributed by atoms with Gasteiger partial charge in [0.25, 0.3) is 0 Å². The molecule has 1 heterocycles. The minimum absolute atomic E-state index is 0.116. The molecule has 1 rings (SSSR count). The van der Waals surface area contributed by atoms with E-state index in [0.29, 0.717) is 12.4 Å². The van der Waals surface area contributed by atoms with Crippen LogP contribution in [0.3, 0.4) is 0 Å². The summed E-state index contributed by atoms with van der Waals surface area (Å²) in [7, 11) is 1.27. The molecule has 0 aliphatic rings. The van der Waals surface area contributed by atoms with E-state index in [9.17, 15) is 9.59 Å². The largest absolute Gasteiger partial charge is 0.466 e. The number of carbonyl (C=O) groups is 2. The molecule has 0 aliphatic heterocycles. The van der Waals surface area contributed by atoms with Gasteiger partial charge in [-0.3, -0.25) is 4.79 Å². The Labute approximate surface area is 124 Å². The van der Waals surface area contributed by atoms with Crippen molar-refractivity contribution in [3.63, 3.8) is 0 Å². The molecule has 0 aromatic carbocycles. The lowest BCUT2D eigenvalue weighted by Gasteiger charge is -2.04. The fourth-order valence-corrected chi connectivity index (χ4v) is 1.89. The number of esters is 2. The quantitative estimate of drug-likeness (QED) is 0.488. The summed E-state index contributed by atoms with van der Waals surface area (Å²) in [5.74, 6) is -0.512. The molecule has 0 N–H and O–H groups in total. The van der Waals surface area contributed by atoms with E-state index in [1.54, 1.807) is 0 Å². The first kappa shape index (κ1) is 17.2. The van der Waals surface area contributed by atoms with Gasteiger partial charge in [-0.25, -0.2) is 9.78 Å². The average molecular weight is 297 g/mol. The molecule has 0 amide bonds. The lowest BCUT2D eigenvalue weighted by molar-refractivity contribution is -0.143. The molecule has 0 bridgehead atoms. The number of unbranched alkanes of at least 4 members (excludes halogenated alkanes) is 4. The predicted molar refractivity (Wildman–Crippen MR) is 75.9 cm³/mol. The molecule has 21 heavy (non-hydrogen) atoms. The van der Waals surface area contributed by atoms with Gasteiger partial charge in [-0.05, 0) is 6.42 Å². The van der Waals surface area contributed by atoms with E-state index in [0.717, 1.165) is 12.8 Å². The smallest absolute Gasteiger partial charge is 0.360 e. The van der Waals surface area contributed by atoms with Gasteiger partial charge < -0.3 is 13.9 Å². The summed E-state index contributed by atoms with van der Waals surface area (Å²) in [6.07, 6.45) is 7.16. The maximum Gasteiger partial charge on any atom is 0.360 e. The highest BCUT2D eigenvalue weighted by Crippen LogP contribution is 2.11. The van der Waals surface area contributed by atoms with Gasteiger partial charge >= 0.3 is 11.9 Å². The lowest BCUT2D eigenvalue weighted by atomic mass is 10.2. The van der Waals surface area contributed by atoms with Crippen LogP contribution in [0.15, 0.2) is 10.8 Å². The predicted octanol–water partition coefficient (Wildman–Crippen LogP) is 2.91. The Bertz CT molecular complexity index is 441. The summed E-state index contributed by atoms with van der Waals surface area (Å²) in [6, 6.07) is 0. The number of carbonyl (C=O) groups excluding carboxylic acids is 2. The summed E-state index contributed by atoms with van der Waals surface area (Å²) in [5.41, 5.74) is 0.116. The van der Waals surface area contributed by atoms with Gasteiger partial charge in [0.2, 0.25) is 0 Å². The number of aromatic nitrogens is 1. The van der Waals surface area contributed by atoms with Crippen LogP contribution in [0.2, 0.25) is 0 Å². The van der Waals surface area contributed by atoms with Crippen LogP contribution in [0.1, 0.15) is 61.7 Å². The van der Waals surface area contributed by atoms with E-state index in [4.69, 9.17) is 9.15 Å². The van der Waals surface area contributed by atoms with Crippen molar-refractivity contribution in [2.24, 2.45) is 0 Å². The zero-order chi connectivity index (χ0) is 15.5. The van der Waals surface area contributed by atoms with Crippen molar-refractivity contribution in [1.82, 2.24) is 4.98 Å². The third-order valence-electron chi connectivity index (χ3n) is 3.09. The molecule has 0 radical (unpaired) electrons. The molecular weight excluding hydrogens is 274 g/mol. The number of hydrogen-bond donors (Lipinski definition) is 0. The van der Waals surface area contributed by atoms with Gasteiger partial charge in [0.15, 0.2) is 12.1 Å². The summed E-state index contributed by atoms with van der Waals surface area (Å²) >= 11 is 0. The summed E-state index contributed by atoms with van der Waals surface area (Å²) in [5, 5.41) is 0. The molecule has 0 saturated heterocycles. The standard InChI is InChI=1S/C15H23NO5/c1-3-4-5-6-7-10-20-13(17)9-8-12-14(15(18)19-2)16-11-21-12/h11H,3-10H2,1-2H3. The van der Waals surface area contributed by atoms with E-state index < -0.39 is 5.97 Å². The fourth-order valence-electron chi connectivity index (χ4n) is 1.89. The highest BCUT2D eigenvalue weighted by molar-refractivity contribution is 5.88. The number of aryl methyl sites for hydroxylation is 1. The van der Waals surface area contributed by atoms with Crippen LogP contribution < -0.4 is 0 Å². The average Bonchev–Trinajstić information content (AvgIpc) is 2.96. The number of nitrogens with zero attached hydrogens (tertiary/aromatic N) is 1. The molecule has 0 spiro atoms. The van der Waals surface area contributed by atoms with Crippen LogP contribution in [0.4, 0.5) is 0 Å². The van der Waals surface area contributed by atoms with Gasteiger partial charge in [-0.1, -0.05) is 32.6 Å². The fraction of sp³-hybridized carbons (Fsp3) is 0.667. The van der Waals surface area contributed by atoms with Crippen LogP contribution in [0.5, 0.6) is 0 Å². The van der Waals surface area contributed by atoms with E-state index in [-0.39, 0.29) is 24.5 Å². The van der Waals surface area contributed by atoms with E-state index in [1.165, 1.54) is 32.8 Å². The second-order valence-electron chi connectivity index (χ2n) is 4.75. The van der Waals surface area contributed by atoms with Crippen molar-refractivity contribution in [2.45, 2.75) is 51.9 Å². The molecule has 0 unspecified atom stereocenters. The number of methoxy groups -OCH3 is 1. The van der Waals surface area contributed by atoms with E-state index in [2.05, 4.69) is 16.6 Å². The van der Waals surface area contributed by atoms with Crippen molar-refractivity contribution in [2.75, 3.05) is 13.7 Å². The normalized spacial score (nSPS) is 10.4. The summed E-state index contributed by atoms with van der Waals surface area (Å²) < 4.78 is 14.8. The second-order valence-corrected chi connectivity index (χ2v) is 4.75. The van der Waals surface area contributed by atoms with Gasteiger partial charge in [-0.15, -0.1) is 0 Å². The Balaban J connectivity index is 2.21. The molecule has 118 valence electrons. The third kappa shape index (κ3) is 6.42. The second kappa shape index (κ2) is 9.96. The van der Waals surface area contributed by atoms with Crippen molar-refractivity contribution in [3.05, 3.63) is 17.8 Å². The first-order valence-electron chi connectivity index (χ1n) is 7.35. The van der Waals surface area contributed by atoms with Crippen molar-refractivity contribution in [3.8, 4) is 0 Å². The minimum Gasteiger partial charge on any atom is -0.466 e. The highest BCUT2D eigenvalue weighted by Gasteiger charge is 2.18. The molecule has 6 nitrogen and oxygen atoms in total. The van der Waals surface area contributed by atoms with Crippen LogP contribution in [-0.2, 0) is 20.7 Å². The number of rotatable bonds is 10. The first-order chi connectivity index (χ1) is 10.2. The van der Waals surface area contributed by atoms with Crippen LogP contribution in [-0.4, -0.2) is 30.6 Å². The number of hydrogen-bond acceptors (Lipinski definition) is 6. The Morgan fingerprint density at radius 3 is 2.71 bits per heavy atom.